The number of aliphatic hydroxyl groups excluding tert-OH is 3. The van der Waals surface area contributed by atoms with Crippen LogP contribution in [0.3, 0.4) is 0 Å². The van der Waals surface area contributed by atoms with Crippen LogP contribution in [-0.2, 0) is 14.9 Å². The first-order valence-electron chi connectivity index (χ1n) is 16.6. The second-order valence-corrected chi connectivity index (χ2v) is 17.3. The zero-order chi connectivity index (χ0) is 31.1. The Hall–Kier alpha value is -0.780. The number of hydrogen-bond donors (Lipinski definition) is 5. The lowest BCUT2D eigenvalue weighted by Crippen LogP contribution is -2.62. The highest BCUT2D eigenvalue weighted by atomic mass is 32.2. The Balaban J connectivity index is 1.27. The van der Waals surface area contributed by atoms with Gasteiger partial charge in [-0.3, -0.25) is 9.35 Å². The molecule has 9 nitrogen and oxygen atoms in total. The Bertz CT molecular complexity index is 1050. The molecular weight excluding hydrogens is 556 g/mol. The summed E-state index contributed by atoms with van der Waals surface area (Å²) in [6.07, 6.45) is 7.47. The van der Waals surface area contributed by atoms with E-state index in [1.807, 2.05) is 14.1 Å². The number of nitrogens with one attached hydrogen (secondary N) is 1. The topological polar surface area (TPSA) is 144 Å². The molecule has 0 bridgehead atoms. The molecule has 4 aliphatic carbocycles. The van der Waals surface area contributed by atoms with E-state index in [0.29, 0.717) is 48.2 Å². The van der Waals surface area contributed by atoms with Crippen LogP contribution in [0.4, 0.5) is 0 Å². The van der Waals surface area contributed by atoms with Crippen molar-refractivity contribution in [3.05, 3.63) is 0 Å². The SMILES string of the molecule is C[C@@H](CCC(=O)NCCC[N+](C)(C)CCCS(=O)(=O)O)[C@H]1CC[C@H]2[C@@H]3[C@H](O)C[C@@H]4C[C@@H](O)CC[C@]4(C)[C@H]3C[C@@H](O)[C@]12C. The maximum absolute atomic E-state index is 12.7. The fourth-order valence-corrected chi connectivity index (χ4v) is 10.8. The number of quaternary nitrogens is 1. The number of rotatable bonds is 12. The molecule has 5 N–H and O–H groups in total. The molecule has 0 radical (unpaired) electrons. The Labute approximate surface area is 254 Å². The predicted molar refractivity (Wildman–Crippen MR) is 163 cm³/mol. The molecule has 4 fully saturated rings. The van der Waals surface area contributed by atoms with Crippen molar-refractivity contribution < 1.29 is 37.6 Å². The van der Waals surface area contributed by atoms with Crippen LogP contribution < -0.4 is 5.32 Å². The second-order valence-electron chi connectivity index (χ2n) is 15.8. The fraction of sp³-hybridized carbons (Fsp3) is 0.969. The van der Waals surface area contributed by atoms with Crippen LogP contribution >= 0.6 is 0 Å². The van der Waals surface area contributed by atoms with Crippen LogP contribution in [-0.4, -0.2) is 96.5 Å². The maximum Gasteiger partial charge on any atom is 0.265 e. The standard InChI is InChI=1S/C32H58N2O7S/c1-21(8-11-29(38)33-14-6-15-34(4,5)16-7-17-42(39,40)41)24-9-10-25-30-26(20-28(37)32(24,25)3)31(2)13-12-23(35)18-22(31)19-27(30)36/h21-28,30,35-37H,6-20H2,1-5H3,(H-,33,38,39,40,41)/p+1/t21-,22-,23-,24+,25-,26-,27+,28+,30-,31-,32+/m0/s1. The molecule has 0 aromatic rings. The van der Waals surface area contributed by atoms with Crippen LogP contribution in [0.1, 0.15) is 91.4 Å². The van der Waals surface area contributed by atoms with Gasteiger partial charge in [-0.15, -0.1) is 0 Å². The molecule has 4 aliphatic rings. The molecule has 4 rings (SSSR count). The van der Waals surface area contributed by atoms with Gasteiger partial charge in [-0.05, 0) is 97.7 Å². The van der Waals surface area contributed by atoms with Gasteiger partial charge in [-0.25, -0.2) is 0 Å². The molecule has 244 valence electrons. The Kier molecular flexibility index (Phi) is 10.5. The van der Waals surface area contributed by atoms with E-state index in [1.54, 1.807) is 0 Å². The second kappa shape index (κ2) is 12.9. The number of carbonyl (C=O) groups is 1. The van der Waals surface area contributed by atoms with E-state index >= 15 is 0 Å². The lowest BCUT2D eigenvalue weighted by Gasteiger charge is -2.63. The quantitative estimate of drug-likeness (QED) is 0.129. The molecule has 42 heavy (non-hydrogen) atoms. The zero-order valence-electron chi connectivity index (χ0n) is 26.7. The first kappa shape index (κ1) is 34.1. The third-order valence-corrected chi connectivity index (χ3v) is 13.6. The van der Waals surface area contributed by atoms with Crippen molar-refractivity contribution in [3.63, 3.8) is 0 Å². The van der Waals surface area contributed by atoms with Crippen LogP contribution in [0.25, 0.3) is 0 Å². The average molecular weight is 616 g/mol. The molecule has 0 spiro atoms. The molecule has 0 saturated heterocycles. The summed E-state index contributed by atoms with van der Waals surface area (Å²) in [6.45, 7) is 8.87. The van der Waals surface area contributed by atoms with Gasteiger partial charge in [0.05, 0.1) is 51.2 Å². The van der Waals surface area contributed by atoms with Crippen LogP contribution in [0, 0.1) is 46.3 Å². The minimum atomic E-state index is -3.93. The normalized spacial score (nSPS) is 41.0. The molecule has 0 aliphatic heterocycles. The number of hydrogen-bond acceptors (Lipinski definition) is 6. The number of amides is 1. The van der Waals surface area contributed by atoms with Gasteiger partial charge in [-0.1, -0.05) is 20.8 Å². The van der Waals surface area contributed by atoms with Crippen molar-refractivity contribution >= 4 is 16.0 Å². The van der Waals surface area contributed by atoms with E-state index in [1.165, 1.54) is 0 Å². The lowest BCUT2D eigenvalue weighted by molar-refractivity contribution is -0.890. The van der Waals surface area contributed by atoms with Crippen molar-refractivity contribution in [2.75, 3.05) is 39.5 Å². The van der Waals surface area contributed by atoms with E-state index in [0.717, 1.165) is 64.3 Å². The number of fused-ring (bicyclic) bond motifs is 5. The van der Waals surface area contributed by atoms with Gasteiger partial charge in [0.2, 0.25) is 5.91 Å². The van der Waals surface area contributed by atoms with Crippen molar-refractivity contribution in [3.8, 4) is 0 Å². The van der Waals surface area contributed by atoms with Crippen molar-refractivity contribution in [2.24, 2.45) is 46.3 Å². The highest BCUT2D eigenvalue weighted by Gasteiger charge is 2.65. The summed E-state index contributed by atoms with van der Waals surface area (Å²) in [7, 11) is 0.114. The van der Waals surface area contributed by atoms with Gasteiger partial charge in [0.1, 0.15) is 0 Å². The third kappa shape index (κ3) is 7.20. The first-order valence-corrected chi connectivity index (χ1v) is 18.2. The Morgan fingerprint density at radius 3 is 2.38 bits per heavy atom. The predicted octanol–water partition coefficient (Wildman–Crippen LogP) is 3.22. The fourth-order valence-electron chi connectivity index (χ4n) is 10.3. The van der Waals surface area contributed by atoms with E-state index in [4.69, 9.17) is 4.55 Å². The number of carbonyl (C=O) groups excluding carboxylic acids is 1. The molecule has 10 heteroatoms. The summed E-state index contributed by atoms with van der Waals surface area (Å²) in [5.41, 5.74) is -0.185. The summed E-state index contributed by atoms with van der Waals surface area (Å²) < 4.78 is 31.5. The van der Waals surface area contributed by atoms with Crippen molar-refractivity contribution in [1.29, 1.82) is 0 Å². The summed E-state index contributed by atoms with van der Waals surface area (Å²) in [4.78, 5) is 12.7. The van der Waals surface area contributed by atoms with Crippen LogP contribution in [0.2, 0.25) is 0 Å². The third-order valence-electron chi connectivity index (χ3n) is 12.8. The molecule has 1 amide bonds. The van der Waals surface area contributed by atoms with Crippen molar-refractivity contribution in [2.45, 2.75) is 110 Å². The van der Waals surface area contributed by atoms with Gasteiger partial charge < -0.3 is 25.1 Å². The molecule has 4 saturated carbocycles. The minimum Gasteiger partial charge on any atom is -0.393 e. The maximum atomic E-state index is 12.7. The van der Waals surface area contributed by atoms with E-state index in [9.17, 15) is 28.5 Å². The molecule has 0 heterocycles. The summed E-state index contributed by atoms with van der Waals surface area (Å²) >= 11 is 0. The molecule has 11 atom stereocenters. The van der Waals surface area contributed by atoms with E-state index in [-0.39, 0.29) is 52.5 Å². The summed E-state index contributed by atoms with van der Waals surface area (Å²) in [5, 5.41) is 36.6. The van der Waals surface area contributed by atoms with E-state index < -0.39 is 16.2 Å². The van der Waals surface area contributed by atoms with Crippen molar-refractivity contribution in [1.82, 2.24) is 5.32 Å². The summed E-state index contributed by atoms with van der Waals surface area (Å²) in [6, 6.07) is 0. The highest BCUT2D eigenvalue weighted by Crippen LogP contribution is 2.68. The van der Waals surface area contributed by atoms with Gasteiger partial charge >= 0.3 is 0 Å². The van der Waals surface area contributed by atoms with E-state index in [2.05, 4.69) is 26.1 Å². The molecule has 0 unspecified atom stereocenters. The van der Waals surface area contributed by atoms with Crippen LogP contribution in [0.15, 0.2) is 0 Å². The summed E-state index contributed by atoms with van der Waals surface area (Å²) in [5.74, 6) is 1.52. The smallest absolute Gasteiger partial charge is 0.265 e. The highest BCUT2D eigenvalue weighted by molar-refractivity contribution is 7.85. The van der Waals surface area contributed by atoms with Gasteiger partial charge in [0, 0.05) is 25.8 Å². The van der Waals surface area contributed by atoms with Gasteiger partial charge in [-0.2, -0.15) is 8.42 Å². The molecule has 0 aromatic carbocycles. The minimum absolute atomic E-state index is 0.0450. The zero-order valence-corrected chi connectivity index (χ0v) is 27.5. The Morgan fingerprint density at radius 1 is 1.00 bits per heavy atom. The molecule has 0 aromatic heterocycles. The Morgan fingerprint density at radius 2 is 1.69 bits per heavy atom. The average Bonchev–Trinajstić information content (AvgIpc) is 3.24. The lowest BCUT2D eigenvalue weighted by atomic mass is 9.43. The largest absolute Gasteiger partial charge is 0.393 e. The number of nitrogens with zero attached hydrogens (tertiary/aromatic N) is 1. The first-order chi connectivity index (χ1) is 19.5. The van der Waals surface area contributed by atoms with Crippen LogP contribution in [0.5, 0.6) is 0 Å². The van der Waals surface area contributed by atoms with Gasteiger partial charge in [0.15, 0.2) is 0 Å². The monoisotopic (exact) mass is 615 g/mol. The molecular formula is C32H59N2O7S+. The number of aliphatic hydroxyl groups is 3. The van der Waals surface area contributed by atoms with Gasteiger partial charge in [0.25, 0.3) is 10.1 Å².